The normalized spacial score (nSPS) is 13.9. The van der Waals surface area contributed by atoms with Gasteiger partial charge in [0, 0.05) is 10.6 Å². The van der Waals surface area contributed by atoms with Crippen molar-refractivity contribution in [1.82, 2.24) is 10.2 Å². The number of carbonyl (C=O) groups excluding carboxylic acids is 3. The molecule has 0 radical (unpaired) electrons. The number of imide groups is 1. The minimum atomic E-state index is -0.318. The van der Waals surface area contributed by atoms with Gasteiger partial charge in [-0.1, -0.05) is 48.0 Å². The van der Waals surface area contributed by atoms with Gasteiger partial charge in [0.1, 0.15) is 0 Å². The molecule has 150 valence electrons. The Bertz CT molecular complexity index is 1110. The number of nitrogens with one attached hydrogen (secondary N) is 1. The number of rotatable bonds is 5. The summed E-state index contributed by atoms with van der Waals surface area (Å²) >= 11 is 5.92. The van der Waals surface area contributed by atoms with Gasteiger partial charge in [0.25, 0.3) is 17.7 Å². The van der Waals surface area contributed by atoms with Crippen molar-refractivity contribution in [2.24, 2.45) is 0 Å². The third-order valence-corrected chi connectivity index (χ3v) is 5.38. The molecule has 6 heteroatoms. The van der Waals surface area contributed by atoms with Crippen LogP contribution in [0.2, 0.25) is 5.02 Å². The summed E-state index contributed by atoms with van der Waals surface area (Å²) in [5, 5.41) is 3.59. The van der Waals surface area contributed by atoms with Gasteiger partial charge in [-0.05, 0) is 54.4 Å². The first-order chi connectivity index (χ1) is 14.4. The molecule has 1 aliphatic heterocycles. The summed E-state index contributed by atoms with van der Waals surface area (Å²) in [6.07, 6.45) is 0. The predicted molar refractivity (Wildman–Crippen MR) is 114 cm³/mol. The predicted octanol–water partition coefficient (Wildman–Crippen LogP) is 4.63. The molecular formula is C24H19ClN2O3. The van der Waals surface area contributed by atoms with Crippen molar-refractivity contribution < 1.29 is 14.4 Å². The average molecular weight is 419 g/mol. The largest absolute Gasteiger partial charge is 0.346 e. The van der Waals surface area contributed by atoms with Crippen molar-refractivity contribution in [3.8, 4) is 0 Å². The van der Waals surface area contributed by atoms with Crippen molar-refractivity contribution in [3.63, 3.8) is 0 Å². The number of halogens is 1. The zero-order valence-electron chi connectivity index (χ0n) is 16.3. The molecule has 1 aliphatic rings. The Morgan fingerprint density at radius 2 is 1.57 bits per heavy atom. The van der Waals surface area contributed by atoms with Gasteiger partial charge in [-0.2, -0.15) is 0 Å². The number of hydrogen-bond donors (Lipinski definition) is 1. The Kier molecular flexibility index (Phi) is 5.38. The van der Waals surface area contributed by atoms with Crippen molar-refractivity contribution in [2.75, 3.05) is 0 Å². The molecule has 3 aromatic rings. The monoisotopic (exact) mass is 418 g/mol. The molecule has 1 N–H and O–H groups in total. The molecule has 0 aliphatic carbocycles. The number of benzene rings is 3. The van der Waals surface area contributed by atoms with Gasteiger partial charge in [-0.3, -0.25) is 19.3 Å². The lowest BCUT2D eigenvalue weighted by molar-refractivity contribution is 0.0642. The zero-order chi connectivity index (χ0) is 21.3. The second-order valence-corrected chi connectivity index (χ2v) is 7.63. The summed E-state index contributed by atoms with van der Waals surface area (Å²) in [6, 6.07) is 20.8. The lowest BCUT2D eigenvalue weighted by Gasteiger charge is -2.16. The third kappa shape index (κ3) is 3.84. The van der Waals surface area contributed by atoms with E-state index < -0.39 is 0 Å². The van der Waals surface area contributed by atoms with Crippen molar-refractivity contribution in [2.45, 2.75) is 19.5 Å². The molecule has 0 unspecified atom stereocenters. The number of nitrogens with zero attached hydrogens (tertiary/aromatic N) is 1. The standard InChI is InChI=1S/C24H19ClN2O3/c1-15(17-9-11-19(25)12-10-17)26-22(28)18-6-4-5-16(13-18)14-27-23(29)20-7-2-3-8-21(20)24(27)30/h2-13,15H,14H2,1H3,(H,26,28)/t15-/m1/s1. The molecule has 1 atom stereocenters. The van der Waals surface area contributed by atoms with E-state index in [1.54, 1.807) is 60.7 Å². The van der Waals surface area contributed by atoms with Crippen molar-refractivity contribution >= 4 is 29.3 Å². The van der Waals surface area contributed by atoms with E-state index >= 15 is 0 Å². The summed E-state index contributed by atoms with van der Waals surface area (Å²) in [5.74, 6) is -0.870. The molecule has 0 fully saturated rings. The highest BCUT2D eigenvalue weighted by Gasteiger charge is 2.35. The van der Waals surface area contributed by atoms with Crippen LogP contribution in [0.15, 0.2) is 72.8 Å². The third-order valence-electron chi connectivity index (χ3n) is 5.13. The van der Waals surface area contributed by atoms with Crippen LogP contribution in [0.4, 0.5) is 0 Å². The van der Waals surface area contributed by atoms with Gasteiger partial charge >= 0.3 is 0 Å². The molecule has 0 aromatic heterocycles. The molecule has 1 heterocycles. The summed E-state index contributed by atoms with van der Waals surface area (Å²) in [6.45, 7) is 2.00. The maximum atomic E-state index is 12.7. The van der Waals surface area contributed by atoms with Gasteiger partial charge in [-0.15, -0.1) is 0 Å². The molecule has 5 nitrogen and oxygen atoms in total. The van der Waals surface area contributed by atoms with Crippen LogP contribution < -0.4 is 5.32 Å². The number of amides is 3. The van der Waals surface area contributed by atoms with Crippen LogP contribution in [-0.4, -0.2) is 22.6 Å². The number of carbonyl (C=O) groups is 3. The Hall–Kier alpha value is -3.44. The molecule has 0 saturated heterocycles. The lowest BCUT2D eigenvalue weighted by atomic mass is 10.1. The summed E-state index contributed by atoms with van der Waals surface area (Å²) in [7, 11) is 0. The van der Waals surface area contributed by atoms with Gasteiger partial charge in [0.2, 0.25) is 0 Å². The summed E-state index contributed by atoms with van der Waals surface area (Å²) < 4.78 is 0. The van der Waals surface area contributed by atoms with E-state index in [-0.39, 0.29) is 30.3 Å². The first kappa shape index (κ1) is 19.9. The minimum Gasteiger partial charge on any atom is -0.346 e. The molecule has 3 amide bonds. The SMILES string of the molecule is C[C@@H](NC(=O)c1cccc(CN2C(=O)c3ccccc3C2=O)c1)c1ccc(Cl)cc1. The first-order valence-electron chi connectivity index (χ1n) is 9.54. The van der Waals surface area contributed by atoms with Crippen LogP contribution in [0.5, 0.6) is 0 Å². The fourth-order valence-corrected chi connectivity index (χ4v) is 3.62. The maximum absolute atomic E-state index is 12.7. The number of hydrogen-bond acceptors (Lipinski definition) is 3. The van der Waals surface area contributed by atoms with Crippen molar-refractivity contribution in [1.29, 1.82) is 0 Å². The van der Waals surface area contributed by atoms with Crippen LogP contribution >= 0.6 is 11.6 Å². The zero-order valence-corrected chi connectivity index (χ0v) is 17.0. The Morgan fingerprint density at radius 3 is 2.20 bits per heavy atom. The van der Waals surface area contributed by atoms with E-state index in [1.807, 2.05) is 19.1 Å². The molecule has 0 saturated carbocycles. The van der Waals surface area contributed by atoms with E-state index in [1.165, 1.54) is 4.90 Å². The quantitative estimate of drug-likeness (QED) is 0.614. The van der Waals surface area contributed by atoms with Crippen LogP contribution in [0.3, 0.4) is 0 Å². The Balaban J connectivity index is 1.48. The highest BCUT2D eigenvalue weighted by atomic mass is 35.5. The highest BCUT2D eigenvalue weighted by Crippen LogP contribution is 2.24. The number of fused-ring (bicyclic) bond motifs is 1. The van der Waals surface area contributed by atoms with Crippen molar-refractivity contribution in [3.05, 3.63) is 106 Å². The second kappa shape index (κ2) is 8.13. The van der Waals surface area contributed by atoms with E-state index in [4.69, 9.17) is 11.6 Å². The van der Waals surface area contributed by atoms with Gasteiger partial charge in [0.15, 0.2) is 0 Å². The van der Waals surface area contributed by atoms with E-state index in [2.05, 4.69) is 5.32 Å². The van der Waals surface area contributed by atoms with E-state index in [9.17, 15) is 14.4 Å². The molecular weight excluding hydrogens is 400 g/mol. The molecule has 30 heavy (non-hydrogen) atoms. The topological polar surface area (TPSA) is 66.5 Å². The van der Waals surface area contributed by atoms with E-state index in [0.29, 0.717) is 27.3 Å². The lowest BCUT2D eigenvalue weighted by Crippen LogP contribution is -2.29. The summed E-state index contributed by atoms with van der Waals surface area (Å²) in [4.78, 5) is 39.1. The molecule has 0 spiro atoms. The first-order valence-corrected chi connectivity index (χ1v) is 9.92. The van der Waals surface area contributed by atoms with Gasteiger partial charge in [0.05, 0.1) is 23.7 Å². The fourth-order valence-electron chi connectivity index (χ4n) is 3.49. The van der Waals surface area contributed by atoms with Crippen LogP contribution in [0.1, 0.15) is 55.2 Å². The van der Waals surface area contributed by atoms with Gasteiger partial charge in [-0.25, -0.2) is 0 Å². The summed E-state index contributed by atoms with van der Waals surface area (Å²) in [5.41, 5.74) is 2.93. The maximum Gasteiger partial charge on any atom is 0.261 e. The van der Waals surface area contributed by atoms with Gasteiger partial charge < -0.3 is 5.32 Å². The average Bonchev–Trinajstić information content (AvgIpc) is 2.99. The van der Waals surface area contributed by atoms with E-state index in [0.717, 1.165) is 5.56 Å². The molecule has 0 bridgehead atoms. The Morgan fingerprint density at radius 1 is 0.933 bits per heavy atom. The molecule has 4 rings (SSSR count). The highest BCUT2D eigenvalue weighted by molar-refractivity contribution is 6.30. The Labute approximate surface area is 179 Å². The van der Waals surface area contributed by atoms with Crippen LogP contribution in [-0.2, 0) is 6.54 Å². The fraction of sp³-hybridized carbons (Fsp3) is 0.125. The smallest absolute Gasteiger partial charge is 0.261 e. The van der Waals surface area contributed by atoms with Crippen LogP contribution in [0, 0.1) is 0 Å². The van der Waals surface area contributed by atoms with Crippen LogP contribution in [0.25, 0.3) is 0 Å². The second-order valence-electron chi connectivity index (χ2n) is 7.19. The molecule has 3 aromatic carbocycles. The minimum absolute atomic E-state index is 0.111.